The van der Waals surface area contributed by atoms with Gasteiger partial charge in [0, 0.05) is 32.2 Å². The van der Waals surface area contributed by atoms with Gasteiger partial charge >= 0.3 is 15.5 Å². The molecule has 0 spiro atoms. The molecule has 0 amide bonds. The van der Waals surface area contributed by atoms with Gasteiger partial charge in [-0.1, -0.05) is 12.8 Å². The van der Waals surface area contributed by atoms with Gasteiger partial charge in [-0.15, -0.1) is 0 Å². The molecule has 0 aromatic heterocycles. The number of aliphatic imine (C=N–C) groups is 1. The maximum absolute atomic E-state index is 12.6. The van der Waals surface area contributed by atoms with Crippen molar-refractivity contribution in [2.75, 3.05) is 26.2 Å². The van der Waals surface area contributed by atoms with Gasteiger partial charge in [0.2, 0.25) is 0 Å². The maximum Gasteiger partial charge on any atom is 0.511 e. The van der Waals surface area contributed by atoms with Gasteiger partial charge in [-0.3, -0.25) is 4.99 Å². The van der Waals surface area contributed by atoms with Gasteiger partial charge in [-0.25, -0.2) is 8.42 Å². The van der Waals surface area contributed by atoms with E-state index in [9.17, 15) is 21.6 Å². The van der Waals surface area contributed by atoms with Crippen LogP contribution in [0.25, 0.3) is 0 Å². The number of alkyl halides is 3. The van der Waals surface area contributed by atoms with Crippen LogP contribution in [-0.4, -0.2) is 56.4 Å². The van der Waals surface area contributed by atoms with Crippen LogP contribution < -0.4 is 10.6 Å². The first-order valence-corrected chi connectivity index (χ1v) is 9.79. The summed E-state index contributed by atoms with van der Waals surface area (Å²) < 4.78 is 61.0. The highest BCUT2D eigenvalue weighted by molar-refractivity contribution is 7.90. The predicted octanol–water partition coefficient (Wildman–Crippen LogP) is 1.66. The van der Waals surface area contributed by atoms with E-state index in [1.165, 1.54) is 12.8 Å². The molecule has 1 saturated heterocycles. The van der Waals surface area contributed by atoms with E-state index in [2.05, 4.69) is 15.6 Å². The van der Waals surface area contributed by atoms with E-state index in [1.54, 1.807) is 0 Å². The average Bonchev–Trinajstić information content (AvgIpc) is 3.31. The molecule has 0 bridgehead atoms. The van der Waals surface area contributed by atoms with Gasteiger partial charge in [-0.2, -0.15) is 17.5 Å². The molecular weight excluding hydrogens is 345 g/mol. The molecule has 2 N–H and O–H groups in total. The Morgan fingerprint density at radius 1 is 1.21 bits per heavy atom. The summed E-state index contributed by atoms with van der Waals surface area (Å²) in [6.07, 6.45) is 4.24. The van der Waals surface area contributed by atoms with Gasteiger partial charge in [0.25, 0.3) is 0 Å². The van der Waals surface area contributed by atoms with E-state index in [0.717, 1.165) is 18.9 Å². The zero-order valence-corrected chi connectivity index (χ0v) is 14.6. The highest BCUT2D eigenvalue weighted by Crippen LogP contribution is 2.32. The SMILES string of the molecule is CCNC(=NCCC1CC1)NC1CCN(S(=O)(=O)C(F)(F)F)CC1. The van der Waals surface area contributed by atoms with Gasteiger partial charge in [0.15, 0.2) is 5.96 Å². The fourth-order valence-corrected chi connectivity index (χ4v) is 3.65. The van der Waals surface area contributed by atoms with Crippen molar-refractivity contribution >= 4 is 16.0 Å². The van der Waals surface area contributed by atoms with Crippen molar-refractivity contribution in [2.45, 2.75) is 50.6 Å². The number of nitrogens with zero attached hydrogens (tertiary/aromatic N) is 2. The van der Waals surface area contributed by atoms with Crippen LogP contribution >= 0.6 is 0 Å². The number of nitrogens with one attached hydrogen (secondary N) is 2. The normalized spacial score (nSPS) is 21.8. The Hall–Kier alpha value is -1.03. The number of sulfonamides is 1. The van der Waals surface area contributed by atoms with Gasteiger partial charge in [-0.05, 0) is 32.1 Å². The second kappa shape index (κ2) is 7.90. The molecule has 0 radical (unpaired) electrons. The minimum absolute atomic E-state index is 0.0802. The first-order valence-electron chi connectivity index (χ1n) is 8.35. The Morgan fingerprint density at radius 3 is 2.33 bits per heavy atom. The Kier molecular flexibility index (Phi) is 6.35. The zero-order chi connectivity index (χ0) is 17.8. The van der Waals surface area contributed by atoms with E-state index < -0.39 is 15.5 Å². The Labute approximate surface area is 140 Å². The molecule has 1 aliphatic heterocycles. The molecule has 10 heteroatoms. The smallest absolute Gasteiger partial charge is 0.357 e. The van der Waals surface area contributed by atoms with Gasteiger partial charge in [0.1, 0.15) is 0 Å². The number of hydrogen-bond acceptors (Lipinski definition) is 3. The number of piperidine rings is 1. The Morgan fingerprint density at radius 2 is 1.83 bits per heavy atom. The van der Waals surface area contributed by atoms with Crippen LogP contribution in [0.3, 0.4) is 0 Å². The van der Waals surface area contributed by atoms with Crippen molar-refractivity contribution in [1.29, 1.82) is 0 Å². The van der Waals surface area contributed by atoms with E-state index in [0.29, 0.717) is 29.7 Å². The molecule has 0 aromatic rings. The molecule has 1 saturated carbocycles. The largest absolute Gasteiger partial charge is 0.511 e. The quantitative estimate of drug-likeness (QED) is 0.551. The van der Waals surface area contributed by atoms with E-state index >= 15 is 0 Å². The minimum atomic E-state index is -5.23. The van der Waals surface area contributed by atoms with E-state index in [1.807, 2.05) is 6.92 Å². The van der Waals surface area contributed by atoms with Crippen LogP contribution in [0.15, 0.2) is 4.99 Å². The molecular formula is C14H25F3N4O2S. The fourth-order valence-electron chi connectivity index (χ4n) is 2.67. The first-order chi connectivity index (χ1) is 11.2. The summed E-state index contributed by atoms with van der Waals surface area (Å²) in [6.45, 7) is 3.08. The van der Waals surface area contributed by atoms with Crippen molar-refractivity contribution < 1.29 is 21.6 Å². The third-order valence-electron chi connectivity index (χ3n) is 4.28. The van der Waals surface area contributed by atoms with E-state index in [-0.39, 0.29) is 19.1 Å². The van der Waals surface area contributed by atoms with Crippen molar-refractivity contribution in [1.82, 2.24) is 14.9 Å². The average molecular weight is 370 g/mol. The molecule has 6 nitrogen and oxygen atoms in total. The summed E-state index contributed by atoms with van der Waals surface area (Å²) in [6, 6.07) is -0.0802. The second-order valence-electron chi connectivity index (χ2n) is 6.26. The summed E-state index contributed by atoms with van der Waals surface area (Å²) in [5, 5.41) is 6.31. The predicted molar refractivity (Wildman–Crippen MR) is 86.0 cm³/mol. The lowest BCUT2D eigenvalue weighted by Gasteiger charge is -2.32. The lowest BCUT2D eigenvalue weighted by molar-refractivity contribution is -0.0494. The standard InChI is InChI=1S/C14H25F3N4O2S/c1-2-18-13(19-8-5-11-3-4-11)20-12-6-9-21(10-7-12)24(22,23)14(15,16)17/h11-12H,2-10H2,1H3,(H2,18,19,20). The van der Waals surface area contributed by atoms with Crippen LogP contribution in [0.1, 0.15) is 39.0 Å². The van der Waals surface area contributed by atoms with Crippen LogP contribution in [0.5, 0.6) is 0 Å². The molecule has 2 fully saturated rings. The number of rotatable bonds is 6. The van der Waals surface area contributed by atoms with Crippen LogP contribution in [0, 0.1) is 5.92 Å². The number of halogens is 3. The van der Waals surface area contributed by atoms with Gasteiger partial charge in [0.05, 0.1) is 0 Å². The highest BCUT2D eigenvalue weighted by atomic mass is 32.2. The summed E-state index contributed by atoms with van der Waals surface area (Å²) in [5.74, 6) is 1.43. The first kappa shape index (κ1) is 19.3. The monoisotopic (exact) mass is 370 g/mol. The van der Waals surface area contributed by atoms with Crippen LogP contribution in [-0.2, 0) is 10.0 Å². The van der Waals surface area contributed by atoms with Crippen molar-refractivity contribution in [3.63, 3.8) is 0 Å². The molecule has 0 aromatic carbocycles. The molecule has 1 heterocycles. The summed E-state index contributed by atoms with van der Waals surface area (Å²) in [7, 11) is -5.22. The number of hydrogen-bond donors (Lipinski definition) is 2. The van der Waals surface area contributed by atoms with E-state index in [4.69, 9.17) is 0 Å². The minimum Gasteiger partial charge on any atom is -0.357 e. The van der Waals surface area contributed by atoms with Gasteiger partial charge < -0.3 is 10.6 Å². The Balaban J connectivity index is 1.83. The lowest BCUT2D eigenvalue weighted by Crippen LogP contribution is -2.51. The van der Waals surface area contributed by atoms with Crippen LogP contribution in [0.4, 0.5) is 13.2 Å². The molecule has 1 aliphatic carbocycles. The molecule has 0 unspecified atom stereocenters. The Bertz CT molecular complexity index is 539. The van der Waals surface area contributed by atoms with Crippen molar-refractivity contribution in [3.05, 3.63) is 0 Å². The molecule has 0 atom stereocenters. The highest BCUT2D eigenvalue weighted by Gasteiger charge is 2.50. The molecule has 2 rings (SSSR count). The zero-order valence-electron chi connectivity index (χ0n) is 13.8. The third-order valence-corrected chi connectivity index (χ3v) is 5.91. The molecule has 2 aliphatic rings. The third kappa shape index (κ3) is 5.23. The topological polar surface area (TPSA) is 73.8 Å². The van der Waals surface area contributed by atoms with Crippen molar-refractivity contribution in [2.24, 2.45) is 10.9 Å². The lowest BCUT2D eigenvalue weighted by atomic mass is 10.1. The number of guanidine groups is 1. The second-order valence-corrected chi connectivity index (χ2v) is 8.19. The summed E-state index contributed by atoms with van der Waals surface area (Å²) in [5.41, 5.74) is -5.23. The summed E-state index contributed by atoms with van der Waals surface area (Å²) >= 11 is 0. The maximum atomic E-state index is 12.6. The molecule has 24 heavy (non-hydrogen) atoms. The van der Waals surface area contributed by atoms with Crippen LogP contribution in [0.2, 0.25) is 0 Å². The van der Waals surface area contributed by atoms with Crippen molar-refractivity contribution in [3.8, 4) is 0 Å². The molecule has 140 valence electrons. The fraction of sp³-hybridized carbons (Fsp3) is 0.929. The summed E-state index contributed by atoms with van der Waals surface area (Å²) in [4.78, 5) is 4.48.